The highest BCUT2D eigenvalue weighted by Gasteiger charge is 2.13. The summed E-state index contributed by atoms with van der Waals surface area (Å²) in [5, 5.41) is 0. The van der Waals surface area contributed by atoms with Gasteiger partial charge in [-0.15, -0.1) is 0 Å². The van der Waals surface area contributed by atoms with Crippen LogP contribution in [0.25, 0.3) is 0 Å². The fraction of sp³-hybridized carbons (Fsp3) is 0.263. The van der Waals surface area contributed by atoms with Gasteiger partial charge in [0.2, 0.25) is 0 Å². The zero-order valence-corrected chi connectivity index (χ0v) is 18.0. The largest absolute Gasteiger partial charge is 0.480 e. The van der Waals surface area contributed by atoms with Crippen LogP contribution in [0.3, 0.4) is 0 Å². The minimum Gasteiger partial charge on any atom is -0.480 e. The van der Waals surface area contributed by atoms with Gasteiger partial charge in [0.25, 0.3) is 0 Å². The molecule has 0 saturated carbocycles. The summed E-state index contributed by atoms with van der Waals surface area (Å²) in [5.41, 5.74) is 1.15. The summed E-state index contributed by atoms with van der Waals surface area (Å²) in [5.74, 6) is -0.313. The van der Waals surface area contributed by atoms with Crippen molar-refractivity contribution < 1.29 is 28.5 Å². The van der Waals surface area contributed by atoms with Gasteiger partial charge in [-0.2, -0.15) is 0 Å². The Hall–Kier alpha value is -1.90. The van der Waals surface area contributed by atoms with Crippen LogP contribution >= 0.6 is 31.9 Å². The Balaban J connectivity index is 1.94. The van der Waals surface area contributed by atoms with Gasteiger partial charge in [0.1, 0.15) is 18.1 Å². The quantitative estimate of drug-likeness (QED) is 0.305. The van der Waals surface area contributed by atoms with Crippen LogP contribution in [0.2, 0.25) is 0 Å². The highest BCUT2D eigenvalue weighted by atomic mass is 79.9. The molecule has 27 heavy (non-hydrogen) atoms. The van der Waals surface area contributed by atoms with Gasteiger partial charge in [-0.1, -0.05) is 22.0 Å². The number of hydrogen-bond donors (Lipinski definition) is 0. The molecule has 6 nitrogen and oxygen atoms in total. The Morgan fingerprint density at radius 1 is 1.07 bits per heavy atom. The van der Waals surface area contributed by atoms with E-state index in [4.69, 9.17) is 18.9 Å². The van der Waals surface area contributed by atoms with Crippen LogP contribution in [0.4, 0.5) is 0 Å². The van der Waals surface area contributed by atoms with Crippen molar-refractivity contribution in [3.05, 3.63) is 56.5 Å². The first-order valence-electron chi connectivity index (χ1n) is 7.96. The summed E-state index contributed by atoms with van der Waals surface area (Å²) in [6.45, 7) is 2.05. The minimum atomic E-state index is -0.589. The highest BCUT2D eigenvalue weighted by molar-refractivity contribution is 9.11. The van der Waals surface area contributed by atoms with E-state index in [1.807, 2.05) is 19.1 Å². The number of hydrogen-bond acceptors (Lipinski definition) is 6. The van der Waals surface area contributed by atoms with Gasteiger partial charge < -0.3 is 18.9 Å². The van der Waals surface area contributed by atoms with Crippen LogP contribution in [0.1, 0.15) is 15.9 Å². The molecule has 2 rings (SSSR count). The van der Waals surface area contributed by atoms with Gasteiger partial charge in [-0.3, -0.25) is 0 Å². The van der Waals surface area contributed by atoms with E-state index in [2.05, 4.69) is 31.9 Å². The first-order valence-corrected chi connectivity index (χ1v) is 9.54. The highest BCUT2D eigenvalue weighted by Crippen LogP contribution is 2.32. The third-order valence-electron chi connectivity index (χ3n) is 3.35. The molecule has 0 spiro atoms. The Kier molecular flexibility index (Phi) is 8.27. The van der Waals surface area contributed by atoms with Crippen molar-refractivity contribution in [1.29, 1.82) is 0 Å². The summed E-state index contributed by atoms with van der Waals surface area (Å²) in [6, 6.07) is 9.89. The topological polar surface area (TPSA) is 71.1 Å². The van der Waals surface area contributed by atoms with Gasteiger partial charge in [0.05, 0.1) is 16.6 Å². The number of carbonyl (C=O) groups excluding carboxylic acids is 2. The van der Waals surface area contributed by atoms with Gasteiger partial charge in [0.15, 0.2) is 6.61 Å². The molecule has 0 atom stereocenters. The van der Waals surface area contributed by atoms with E-state index in [9.17, 15) is 9.59 Å². The second-order valence-corrected chi connectivity index (χ2v) is 7.22. The van der Waals surface area contributed by atoms with E-state index in [-0.39, 0.29) is 24.5 Å². The van der Waals surface area contributed by atoms with Gasteiger partial charge in [-0.05, 0) is 58.7 Å². The Bertz CT molecular complexity index is 799. The normalized spacial score (nSPS) is 10.4. The lowest BCUT2D eigenvalue weighted by Crippen LogP contribution is -2.18. The lowest BCUT2D eigenvalue weighted by Gasteiger charge is -2.12. The molecule has 0 saturated heterocycles. The maximum absolute atomic E-state index is 12.1. The van der Waals surface area contributed by atoms with Crippen molar-refractivity contribution in [2.75, 3.05) is 26.9 Å². The number of carbonyl (C=O) groups is 2. The molecule has 0 aliphatic carbocycles. The standard InChI is InChI=1S/C19H18Br2O6/c1-12-8-14(20)10-16(21)18(12)26-11-17(22)27-15-5-3-4-13(9-15)19(23)25-7-6-24-2/h3-5,8-10H,6-7,11H2,1-2H3. The Morgan fingerprint density at radius 2 is 1.85 bits per heavy atom. The summed E-state index contributed by atoms with van der Waals surface area (Å²) in [6.07, 6.45) is 0. The predicted molar refractivity (Wildman–Crippen MR) is 106 cm³/mol. The molecule has 2 aromatic carbocycles. The van der Waals surface area contributed by atoms with Crippen molar-refractivity contribution in [2.45, 2.75) is 6.92 Å². The number of ether oxygens (including phenoxy) is 4. The first kappa shape index (κ1) is 21.4. The Labute approximate surface area is 174 Å². The van der Waals surface area contributed by atoms with E-state index in [1.54, 1.807) is 18.2 Å². The van der Waals surface area contributed by atoms with Crippen molar-refractivity contribution in [3.8, 4) is 11.5 Å². The maximum atomic E-state index is 12.1. The fourth-order valence-electron chi connectivity index (χ4n) is 2.15. The van der Waals surface area contributed by atoms with Crippen LogP contribution in [0, 0.1) is 6.92 Å². The van der Waals surface area contributed by atoms with Crippen molar-refractivity contribution in [1.82, 2.24) is 0 Å². The maximum Gasteiger partial charge on any atom is 0.349 e. The van der Waals surface area contributed by atoms with E-state index in [0.717, 1.165) is 14.5 Å². The lowest BCUT2D eigenvalue weighted by atomic mass is 10.2. The molecular weight excluding hydrogens is 484 g/mol. The fourth-order valence-corrected chi connectivity index (χ4v) is 3.70. The van der Waals surface area contributed by atoms with E-state index in [0.29, 0.717) is 12.4 Å². The predicted octanol–water partition coefficient (Wildman–Crippen LogP) is 4.31. The zero-order chi connectivity index (χ0) is 19.8. The molecule has 0 aliphatic heterocycles. The average Bonchev–Trinajstić information content (AvgIpc) is 2.61. The van der Waals surface area contributed by atoms with E-state index < -0.39 is 11.9 Å². The number of aryl methyl sites for hydroxylation is 1. The number of benzene rings is 2. The first-order chi connectivity index (χ1) is 12.9. The van der Waals surface area contributed by atoms with Crippen LogP contribution in [-0.4, -0.2) is 38.9 Å². The minimum absolute atomic E-state index is 0.147. The number of methoxy groups -OCH3 is 1. The zero-order valence-electron chi connectivity index (χ0n) is 14.8. The van der Waals surface area contributed by atoms with E-state index in [1.165, 1.54) is 13.2 Å². The molecule has 0 unspecified atom stereocenters. The van der Waals surface area contributed by atoms with Crippen molar-refractivity contribution in [2.24, 2.45) is 0 Å². The summed E-state index contributed by atoms with van der Waals surface area (Å²) < 4.78 is 22.3. The molecule has 8 heteroatoms. The second-order valence-electron chi connectivity index (χ2n) is 5.45. The molecule has 0 fully saturated rings. The smallest absolute Gasteiger partial charge is 0.349 e. The Morgan fingerprint density at radius 3 is 2.56 bits per heavy atom. The van der Waals surface area contributed by atoms with Crippen molar-refractivity contribution in [3.63, 3.8) is 0 Å². The van der Waals surface area contributed by atoms with Gasteiger partial charge in [0, 0.05) is 11.6 Å². The molecule has 0 aromatic heterocycles. The molecule has 0 amide bonds. The van der Waals surface area contributed by atoms with Crippen molar-refractivity contribution >= 4 is 43.8 Å². The molecular formula is C19H18Br2O6. The molecule has 0 N–H and O–H groups in total. The van der Waals surface area contributed by atoms with Crippen LogP contribution in [-0.2, 0) is 14.3 Å². The monoisotopic (exact) mass is 500 g/mol. The molecule has 0 bridgehead atoms. The molecule has 2 aromatic rings. The van der Waals surface area contributed by atoms with Crippen LogP contribution < -0.4 is 9.47 Å². The molecule has 144 valence electrons. The number of esters is 2. The number of rotatable bonds is 8. The van der Waals surface area contributed by atoms with Gasteiger partial charge >= 0.3 is 11.9 Å². The lowest BCUT2D eigenvalue weighted by molar-refractivity contribution is -0.136. The summed E-state index contributed by atoms with van der Waals surface area (Å²) in [4.78, 5) is 24.0. The number of halogens is 2. The van der Waals surface area contributed by atoms with Crippen LogP contribution in [0.15, 0.2) is 45.3 Å². The summed E-state index contributed by atoms with van der Waals surface area (Å²) >= 11 is 6.79. The summed E-state index contributed by atoms with van der Waals surface area (Å²) in [7, 11) is 1.52. The average molecular weight is 502 g/mol. The molecule has 0 heterocycles. The second kappa shape index (κ2) is 10.4. The SMILES string of the molecule is COCCOC(=O)c1cccc(OC(=O)COc2c(C)cc(Br)cc2Br)c1. The molecule has 0 aliphatic rings. The third-order valence-corrected chi connectivity index (χ3v) is 4.40. The van der Waals surface area contributed by atoms with Crippen LogP contribution in [0.5, 0.6) is 11.5 Å². The van der Waals surface area contributed by atoms with Gasteiger partial charge in [-0.25, -0.2) is 9.59 Å². The third kappa shape index (κ3) is 6.64. The molecule has 0 radical (unpaired) electrons. The van der Waals surface area contributed by atoms with E-state index >= 15 is 0 Å².